The monoisotopic (exact) mass is 321 g/mol. The van der Waals surface area contributed by atoms with Gasteiger partial charge in [0.2, 0.25) is 0 Å². The van der Waals surface area contributed by atoms with Crippen molar-refractivity contribution in [2.45, 2.75) is 6.54 Å². The molecule has 0 aliphatic heterocycles. The molecule has 1 amide bonds. The van der Waals surface area contributed by atoms with Gasteiger partial charge in [-0.3, -0.25) is 4.79 Å². The Morgan fingerprint density at radius 1 is 1.20 bits per heavy atom. The second-order valence-corrected chi connectivity index (χ2v) is 4.77. The molecule has 1 aromatic carbocycles. The van der Waals surface area contributed by atoms with E-state index < -0.39 is 0 Å². The third-order valence-electron chi connectivity index (χ3n) is 2.72. The minimum Gasteiger partial charge on any atom is -0.340 e. The molecule has 0 spiro atoms. The number of halogens is 2. The van der Waals surface area contributed by atoms with Crippen molar-refractivity contribution < 1.29 is 4.79 Å². The second-order valence-electron chi connectivity index (χ2n) is 4.77. The molecule has 0 fully saturated rings. The first kappa shape index (κ1) is 21.5. The summed E-state index contributed by atoms with van der Waals surface area (Å²) in [5.41, 5.74) is 1.92. The van der Waals surface area contributed by atoms with Crippen LogP contribution in [-0.2, 0) is 6.54 Å². The maximum atomic E-state index is 12.2. The highest BCUT2D eigenvalue weighted by atomic mass is 35.5. The van der Waals surface area contributed by atoms with Crippen molar-refractivity contribution in [3.05, 3.63) is 35.4 Å². The van der Waals surface area contributed by atoms with Crippen LogP contribution in [0.1, 0.15) is 15.9 Å². The first-order valence-corrected chi connectivity index (χ1v) is 6.18. The van der Waals surface area contributed by atoms with Crippen molar-refractivity contribution >= 4 is 30.7 Å². The van der Waals surface area contributed by atoms with E-state index in [4.69, 9.17) is 0 Å². The number of carbonyl (C=O) groups is 1. The average molecular weight is 322 g/mol. The lowest BCUT2D eigenvalue weighted by atomic mass is 10.1. The highest BCUT2D eigenvalue weighted by Crippen LogP contribution is 2.09. The van der Waals surface area contributed by atoms with Crippen LogP contribution in [0.4, 0.5) is 0 Å². The van der Waals surface area contributed by atoms with Crippen LogP contribution in [0, 0.1) is 0 Å². The molecule has 0 unspecified atom stereocenters. The lowest BCUT2D eigenvalue weighted by Crippen LogP contribution is -2.32. The van der Waals surface area contributed by atoms with Crippen molar-refractivity contribution in [2.24, 2.45) is 0 Å². The maximum Gasteiger partial charge on any atom is 0.253 e. The zero-order chi connectivity index (χ0) is 13.5. The van der Waals surface area contributed by atoms with Crippen molar-refractivity contribution in [3.8, 4) is 0 Å². The van der Waals surface area contributed by atoms with Gasteiger partial charge in [0.05, 0.1) is 0 Å². The van der Waals surface area contributed by atoms with Crippen LogP contribution in [0.3, 0.4) is 0 Å². The number of hydrogen-bond acceptors (Lipinski definition) is 3. The Hall–Kier alpha value is -0.810. The molecule has 0 atom stereocenters. The van der Waals surface area contributed by atoms with E-state index in [0.717, 1.165) is 24.2 Å². The van der Waals surface area contributed by atoms with Gasteiger partial charge in [0.1, 0.15) is 0 Å². The van der Waals surface area contributed by atoms with Crippen LogP contribution in [0.15, 0.2) is 24.3 Å². The molecule has 0 aliphatic rings. The number of nitrogens with zero attached hydrogens (tertiary/aromatic N) is 2. The number of hydrogen-bond donors (Lipinski definition) is 1. The van der Waals surface area contributed by atoms with Gasteiger partial charge in [-0.05, 0) is 38.8 Å². The fourth-order valence-electron chi connectivity index (χ4n) is 1.77. The third kappa shape index (κ3) is 7.10. The molecule has 0 radical (unpaired) electrons. The summed E-state index contributed by atoms with van der Waals surface area (Å²) in [5.74, 6) is 0.0749. The summed E-state index contributed by atoms with van der Waals surface area (Å²) in [5, 5.41) is 3.04. The zero-order valence-corrected chi connectivity index (χ0v) is 14.2. The van der Waals surface area contributed by atoms with Crippen LogP contribution in [0.25, 0.3) is 0 Å². The number of nitrogens with one attached hydrogen (secondary N) is 1. The molecule has 0 saturated carbocycles. The summed E-state index contributed by atoms with van der Waals surface area (Å²) in [4.78, 5) is 16.0. The van der Waals surface area contributed by atoms with Gasteiger partial charge in [0.25, 0.3) is 5.91 Å². The van der Waals surface area contributed by atoms with Gasteiger partial charge in [0, 0.05) is 32.2 Å². The Morgan fingerprint density at radius 2 is 1.85 bits per heavy atom. The van der Waals surface area contributed by atoms with E-state index in [1.54, 1.807) is 4.90 Å². The molecule has 0 bridgehead atoms. The van der Waals surface area contributed by atoms with E-state index in [-0.39, 0.29) is 30.7 Å². The molecular formula is C14H25Cl2N3O. The maximum absolute atomic E-state index is 12.2. The van der Waals surface area contributed by atoms with E-state index in [1.807, 2.05) is 52.5 Å². The molecule has 20 heavy (non-hydrogen) atoms. The Bertz CT molecular complexity index is 400. The summed E-state index contributed by atoms with van der Waals surface area (Å²) >= 11 is 0. The van der Waals surface area contributed by atoms with Crippen molar-refractivity contribution in [3.63, 3.8) is 0 Å². The van der Waals surface area contributed by atoms with Crippen LogP contribution < -0.4 is 5.32 Å². The number of carbonyl (C=O) groups excluding carboxylic acids is 1. The van der Waals surface area contributed by atoms with Gasteiger partial charge < -0.3 is 15.1 Å². The SMILES string of the molecule is CNCCN(C)C(=O)c1cccc(CN(C)C)c1.Cl.Cl. The molecule has 4 nitrogen and oxygen atoms in total. The standard InChI is InChI=1S/C14H23N3O.2ClH/c1-15-8-9-17(4)14(18)13-7-5-6-12(10-13)11-16(2)3;;/h5-7,10,15H,8-9,11H2,1-4H3;2*1H. The normalized spacial score (nSPS) is 9.65. The van der Waals surface area contributed by atoms with Gasteiger partial charge in [-0.15, -0.1) is 24.8 Å². The van der Waals surface area contributed by atoms with E-state index in [9.17, 15) is 4.79 Å². The Kier molecular flexibility index (Phi) is 11.7. The fourth-order valence-corrected chi connectivity index (χ4v) is 1.77. The summed E-state index contributed by atoms with van der Waals surface area (Å²) in [7, 11) is 7.76. The van der Waals surface area contributed by atoms with Crippen LogP contribution in [0.2, 0.25) is 0 Å². The van der Waals surface area contributed by atoms with Gasteiger partial charge in [-0.25, -0.2) is 0 Å². The molecule has 1 rings (SSSR count). The summed E-state index contributed by atoms with van der Waals surface area (Å²) in [6.45, 7) is 2.37. The smallest absolute Gasteiger partial charge is 0.253 e. The highest BCUT2D eigenvalue weighted by Gasteiger charge is 2.11. The summed E-state index contributed by atoms with van der Waals surface area (Å²) < 4.78 is 0. The fraction of sp³-hybridized carbons (Fsp3) is 0.500. The summed E-state index contributed by atoms with van der Waals surface area (Å²) in [6, 6.07) is 7.83. The van der Waals surface area contributed by atoms with Crippen molar-refractivity contribution in [2.75, 3.05) is 41.3 Å². The minimum absolute atomic E-state index is 0. The first-order chi connectivity index (χ1) is 8.54. The number of benzene rings is 1. The number of rotatable bonds is 6. The highest BCUT2D eigenvalue weighted by molar-refractivity contribution is 5.94. The molecule has 0 aliphatic carbocycles. The van der Waals surface area contributed by atoms with Crippen LogP contribution >= 0.6 is 24.8 Å². The van der Waals surface area contributed by atoms with Gasteiger partial charge in [-0.1, -0.05) is 12.1 Å². The zero-order valence-electron chi connectivity index (χ0n) is 12.5. The van der Waals surface area contributed by atoms with Crippen LogP contribution in [-0.4, -0.2) is 57.0 Å². The lowest BCUT2D eigenvalue weighted by Gasteiger charge is -2.17. The third-order valence-corrected chi connectivity index (χ3v) is 2.72. The van der Waals surface area contributed by atoms with Gasteiger partial charge in [-0.2, -0.15) is 0 Å². The molecular weight excluding hydrogens is 297 g/mol. The van der Waals surface area contributed by atoms with E-state index in [1.165, 1.54) is 0 Å². The van der Waals surface area contributed by atoms with E-state index in [2.05, 4.69) is 10.2 Å². The van der Waals surface area contributed by atoms with Crippen molar-refractivity contribution in [1.29, 1.82) is 0 Å². The quantitative estimate of drug-likeness (QED) is 0.869. The summed E-state index contributed by atoms with van der Waals surface area (Å²) in [6.07, 6.45) is 0. The Morgan fingerprint density at radius 3 is 2.40 bits per heavy atom. The van der Waals surface area contributed by atoms with E-state index in [0.29, 0.717) is 6.54 Å². The average Bonchev–Trinajstić information content (AvgIpc) is 2.34. The molecule has 116 valence electrons. The minimum atomic E-state index is 0. The molecule has 0 saturated heterocycles. The lowest BCUT2D eigenvalue weighted by molar-refractivity contribution is 0.0796. The topological polar surface area (TPSA) is 35.6 Å². The van der Waals surface area contributed by atoms with Gasteiger partial charge in [0.15, 0.2) is 0 Å². The predicted octanol–water partition coefficient (Wildman–Crippen LogP) is 1.88. The Labute approximate surface area is 134 Å². The molecule has 1 N–H and O–H groups in total. The molecule has 6 heteroatoms. The molecule has 1 aromatic rings. The van der Waals surface area contributed by atoms with Crippen molar-refractivity contribution in [1.82, 2.24) is 15.1 Å². The van der Waals surface area contributed by atoms with Crippen LogP contribution in [0.5, 0.6) is 0 Å². The Balaban J connectivity index is 0. The number of likely N-dealkylation sites (N-methyl/N-ethyl adjacent to an activating group) is 2. The first-order valence-electron chi connectivity index (χ1n) is 6.18. The second kappa shape index (κ2) is 10.9. The largest absolute Gasteiger partial charge is 0.340 e. The number of amides is 1. The van der Waals surface area contributed by atoms with E-state index >= 15 is 0 Å². The molecule has 0 aromatic heterocycles. The molecule has 0 heterocycles. The van der Waals surface area contributed by atoms with Gasteiger partial charge >= 0.3 is 0 Å². The predicted molar refractivity (Wildman–Crippen MR) is 89.2 cm³/mol.